The molecular formula is C21H30N4O8S. The van der Waals surface area contributed by atoms with Crippen LogP contribution in [0.2, 0.25) is 0 Å². The third-order valence-electron chi connectivity index (χ3n) is 5.27. The second-order valence-electron chi connectivity index (χ2n) is 9.09. The molecule has 34 heavy (non-hydrogen) atoms. The zero-order valence-electron chi connectivity index (χ0n) is 19.3. The number of carbonyl (C=O) groups is 3. The van der Waals surface area contributed by atoms with Gasteiger partial charge in [0.05, 0.1) is 18.7 Å². The first kappa shape index (κ1) is 25.9. The molecule has 13 heteroatoms. The molecule has 0 aliphatic carbocycles. The number of hydrogen-bond donors (Lipinski definition) is 3. The number of nitrogens with zero attached hydrogens (tertiary/aromatic N) is 2. The minimum absolute atomic E-state index is 0.00676. The Bertz CT molecular complexity index is 1010. The molecule has 1 aromatic carbocycles. The lowest BCUT2D eigenvalue weighted by atomic mass is 9.99. The number of amides is 2. The fourth-order valence-electron chi connectivity index (χ4n) is 3.61. The number of hydrogen-bond acceptors (Lipinski definition) is 8. The van der Waals surface area contributed by atoms with Gasteiger partial charge in [0.2, 0.25) is 5.91 Å². The Kier molecular flexibility index (Phi) is 7.81. The first-order chi connectivity index (χ1) is 15.9. The fraction of sp³-hybridized carbons (Fsp3) is 0.571. The Balaban J connectivity index is 1.60. The van der Waals surface area contributed by atoms with Gasteiger partial charge >= 0.3 is 12.1 Å². The highest BCUT2D eigenvalue weighted by Crippen LogP contribution is 2.24. The van der Waals surface area contributed by atoms with Gasteiger partial charge in [-0.1, -0.05) is 30.3 Å². The fourth-order valence-corrected chi connectivity index (χ4v) is 5.39. The number of aliphatic hydroxyl groups is 1. The smallest absolute Gasteiger partial charge is 0.408 e. The second-order valence-corrected chi connectivity index (χ2v) is 11.0. The van der Waals surface area contributed by atoms with Gasteiger partial charge in [0, 0.05) is 13.1 Å². The Morgan fingerprint density at radius 3 is 2.50 bits per heavy atom. The number of esters is 1. The topological polar surface area (TPSA) is 155 Å². The van der Waals surface area contributed by atoms with Crippen LogP contribution in [0.5, 0.6) is 0 Å². The van der Waals surface area contributed by atoms with Gasteiger partial charge in [0.1, 0.15) is 24.8 Å². The highest BCUT2D eigenvalue weighted by Gasteiger charge is 2.49. The summed E-state index contributed by atoms with van der Waals surface area (Å²) < 4.78 is 38.4. The van der Waals surface area contributed by atoms with Gasteiger partial charge in [0.15, 0.2) is 0 Å². The molecule has 188 valence electrons. The lowest BCUT2D eigenvalue weighted by Crippen LogP contribution is -2.72. The van der Waals surface area contributed by atoms with Crippen molar-refractivity contribution in [3.05, 3.63) is 35.9 Å². The molecule has 12 nitrogen and oxygen atoms in total. The van der Waals surface area contributed by atoms with E-state index in [0.717, 1.165) is 14.2 Å². The second kappa shape index (κ2) is 10.3. The van der Waals surface area contributed by atoms with Crippen LogP contribution in [-0.4, -0.2) is 90.1 Å². The van der Waals surface area contributed by atoms with Gasteiger partial charge in [-0.2, -0.15) is 17.0 Å². The van der Waals surface area contributed by atoms with Crippen LogP contribution in [-0.2, 0) is 35.9 Å². The minimum Gasteiger partial charge on any atom is -0.460 e. The summed E-state index contributed by atoms with van der Waals surface area (Å²) in [6.45, 7) is 3.72. The van der Waals surface area contributed by atoms with Gasteiger partial charge in [-0.3, -0.25) is 9.59 Å². The largest absolute Gasteiger partial charge is 0.460 e. The summed E-state index contributed by atoms with van der Waals surface area (Å²) in [5, 5.41) is 14.7. The molecule has 2 aliphatic heterocycles. The number of β-lactam (4-membered cyclic amide) rings is 1. The van der Waals surface area contributed by atoms with E-state index in [1.165, 1.54) is 0 Å². The first-order valence-electron chi connectivity index (χ1n) is 10.8. The average Bonchev–Trinajstić information content (AvgIpc) is 2.99. The van der Waals surface area contributed by atoms with E-state index < -0.39 is 65.1 Å². The maximum Gasteiger partial charge on any atom is 0.408 e. The van der Waals surface area contributed by atoms with E-state index in [-0.39, 0.29) is 19.7 Å². The Labute approximate surface area is 198 Å². The van der Waals surface area contributed by atoms with Gasteiger partial charge in [0.25, 0.3) is 10.2 Å². The van der Waals surface area contributed by atoms with Crippen molar-refractivity contribution in [2.24, 2.45) is 0 Å². The third kappa shape index (κ3) is 6.23. The monoisotopic (exact) mass is 498 g/mol. The highest BCUT2D eigenvalue weighted by atomic mass is 32.2. The van der Waals surface area contributed by atoms with E-state index in [4.69, 9.17) is 9.47 Å². The number of nitrogens with one attached hydrogen (secondary N) is 2. The van der Waals surface area contributed by atoms with E-state index >= 15 is 0 Å². The van der Waals surface area contributed by atoms with E-state index in [9.17, 15) is 27.9 Å². The molecule has 2 saturated heterocycles. The van der Waals surface area contributed by atoms with E-state index in [2.05, 4.69) is 10.6 Å². The molecule has 3 rings (SSSR count). The van der Waals surface area contributed by atoms with Crippen LogP contribution in [0.4, 0.5) is 4.79 Å². The first-order valence-corrected chi connectivity index (χ1v) is 12.2. The SMILES string of the molecule is CC(C)(C)OC(=O)N[C@@H]1C(=O)N[C@@H]1CN1C[C@@H](CO)N(CC(=O)OCc2ccccc2)S1(=O)=O. The summed E-state index contributed by atoms with van der Waals surface area (Å²) in [5.74, 6) is -1.22. The highest BCUT2D eigenvalue weighted by molar-refractivity contribution is 7.87. The van der Waals surface area contributed by atoms with Crippen molar-refractivity contribution in [1.82, 2.24) is 19.2 Å². The molecule has 0 unspecified atom stereocenters. The van der Waals surface area contributed by atoms with Crippen LogP contribution >= 0.6 is 0 Å². The normalized spacial score (nSPS) is 24.7. The van der Waals surface area contributed by atoms with Crippen molar-refractivity contribution in [2.45, 2.75) is 51.1 Å². The number of alkyl carbamates (subject to hydrolysis) is 1. The quantitative estimate of drug-likeness (QED) is 0.315. The Morgan fingerprint density at radius 2 is 1.91 bits per heavy atom. The van der Waals surface area contributed by atoms with Gasteiger partial charge in [-0.15, -0.1) is 0 Å². The number of carbonyl (C=O) groups excluding carboxylic acids is 3. The lowest BCUT2D eigenvalue weighted by Gasteiger charge is -2.38. The summed E-state index contributed by atoms with van der Waals surface area (Å²) >= 11 is 0. The molecular weight excluding hydrogens is 468 g/mol. The Morgan fingerprint density at radius 1 is 1.24 bits per heavy atom. The molecule has 0 saturated carbocycles. The van der Waals surface area contributed by atoms with Crippen molar-refractivity contribution >= 4 is 28.2 Å². The number of rotatable bonds is 8. The maximum atomic E-state index is 13.1. The number of aliphatic hydroxyl groups excluding tert-OH is 1. The van der Waals surface area contributed by atoms with Crippen LogP contribution in [0.25, 0.3) is 0 Å². The summed E-state index contributed by atoms with van der Waals surface area (Å²) in [7, 11) is -4.13. The summed E-state index contributed by atoms with van der Waals surface area (Å²) in [6, 6.07) is 6.42. The molecule has 0 aromatic heterocycles. The van der Waals surface area contributed by atoms with Crippen molar-refractivity contribution < 1.29 is 37.4 Å². The number of ether oxygens (including phenoxy) is 2. The van der Waals surface area contributed by atoms with Crippen LogP contribution in [0.1, 0.15) is 26.3 Å². The minimum atomic E-state index is -4.13. The summed E-state index contributed by atoms with van der Waals surface area (Å²) in [5.41, 5.74) is -0.00747. The molecule has 0 spiro atoms. The zero-order valence-corrected chi connectivity index (χ0v) is 20.1. The van der Waals surface area contributed by atoms with E-state index in [1.807, 2.05) is 6.07 Å². The predicted octanol–water partition coefficient (Wildman–Crippen LogP) is -0.655. The van der Waals surface area contributed by atoms with Crippen LogP contribution in [0.15, 0.2) is 30.3 Å². The van der Waals surface area contributed by atoms with Crippen molar-refractivity contribution in [3.8, 4) is 0 Å². The molecule has 3 N–H and O–H groups in total. The molecule has 2 heterocycles. The van der Waals surface area contributed by atoms with Crippen molar-refractivity contribution in [2.75, 3.05) is 26.2 Å². The number of benzene rings is 1. The Hall–Kier alpha value is -2.74. The molecule has 2 aliphatic rings. The molecule has 1 aromatic rings. The van der Waals surface area contributed by atoms with Gasteiger partial charge in [-0.05, 0) is 26.3 Å². The zero-order chi connectivity index (χ0) is 25.1. The van der Waals surface area contributed by atoms with Gasteiger partial charge < -0.3 is 25.2 Å². The van der Waals surface area contributed by atoms with E-state index in [0.29, 0.717) is 0 Å². The predicted molar refractivity (Wildman–Crippen MR) is 119 cm³/mol. The van der Waals surface area contributed by atoms with Gasteiger partial charge in [-0.25, -0.2) is 4.79 Å². The third-order valence-corrected chi connectivity index (χ3v) is 7.24. The van der Waals surface area contributed by atoms with E-state index in [1.54, 1.807) is 45.0 Å². The lowest BCUT2D eigenvalue weighted by molar-refractivity contribution is -0.145. The van der Waals surface area contributed by atoms with Crippen LogP contribution < -0.4 is 10.6 Å². The van der Waals surface area contributed by atoms with Crippen molar-refractivity contribution in [3.63, 3.8) is 0 Å². The molecule has 3 atom stereocenters. The van der Waals surface area contributed by atoms with Crippen LogP contribution in [0, 0.1) is 0 Å². The maximum absolute atomic E-state index is 13.1. The van der Waals surface area contributed by atoms with Crippen LogP contribution in [0.3, 0.4) is 0 Å². The molecule has 2 fully saturated rings. The average molecular weight is 499 g/mol. The summed E-state index contributed by atoms with van der Waals surface area (Å²) in [4.78, 5) is 36.3. The van der Waals surface area contributed by atoms with Crippen molar-refractivity contribution in [1.29, 1.82) is 0 Å². The standard InChI is InChI=1S/C21H30N4O8S/c1-21(2,3)33-20(29)23-18-16(22-19(18)28)10-24-9-15(12-26)25(34(24,30)31)11-17(27)32-13-14-7-5-4-6-8-14/h4-8,15-16,18,26H,9-13H2,1-3H3,(H,22,28)(H,23,29)/t15-,16+,18-/m0/s1. The molecule has 0 bridgehead atoms. The molecule has 2 amide bonds. The molecule has 0 radical (unpaired) electrons. The summed E-state index contributed by atoms with van der Waals surface area (Å²) in [6.07, 6.45) is -0.794.